The molecule has 0 aliphatic carbocycles. The lowest BCUT2D eigenvalue weighted by Gasteiger charge is -2.13. The van der Waals surface area contributed by atoms with Gasteiger partial charge in [-0.25, -0.2) is 0 Å². The topological polar surface area (TPSA) is 46.6 Å². The van der Waals surface area contributed by atoms with Gasteiger partial charge in [0.2, 0.25) is 0 Å². The Hall–Kier alpha value is -1.73. The third kappa shape index (κ3) is 4.81. The first-order valence-electron chi connectivity index (χ1n) is 8.11. The molecule has 1 saturated heterocycles. The summed E-state index contributed by atoms with van der Waals surface area (Å²) < 4.78 is 6.46. The van der Waals surface area contributed by atoms with Gasteiger partial charge >= 0.3 is 0 Å². The van der Waals surface area contributed by atoms with Crippen LogP contribution >= 0.6 is 50.9 Å². The van der Waals surface area contributed by atoms with Gasteiger partial charge in [-0.3, -0.25) is 14.5 Å². The van der Waals surface area contributed by atoms with Crippen molar-refractivity contribution in [1.29, 1.82) is 0 Å². The van der Waals surface area contributed by atoms with E-state index in [1.54, 1.807) is 36.4 Å². The molecule has 2 aromatic rings. The van der Waals surface area contributed by atoms with Crippen LogP contribution in [0.2, 0.25) is 10.0 Å². The number of benzene rings is 2. The van der Waals surface area contributed by atoms with Gasteiger partial charge in [0.1, 0.15) is 12.4 Å². The molecule has 0 bridgehead atoms. The molecule has 1 aliphatic rings. The van der Waals surface area contributed by atoms with Crippen molar-refractivity contribution in [3.63, 3.8) is 0 Å². The molecule has 0 spiro atoms. The molecule has 28 heavy (non-hydrogen) atoms. The molecule has 1 heterocycles. The lowest BCUT2D eigenvalue weighted by atomic mass is 10.1. The summed E-state index contributed by atoms with van der Waals surface area (Å²) in [6.45, 7) is 4.09. The Morgan fingerprint density at radius 2 is 1.93 bits per heavy atom. The van der Waals surface area contributed by atoms with Crippen LogP contribution in [0.5, 0.6) is 5.75 Å². The highest BCUT2D eigenvalue weighted by molar-refractivity contribution is 9.10. The van der Waals surface area contributed by atoms with Gasteiger partial charge in [0, 0.05) is 10.0 Å². The van der Waals surface area contributed by atoms with Gasteiger partial charge in [0.25, 0.3) is 11.1 Å². The Morgan fingerprint density at radius 3 is 2.64 bits per heavy atom. The van der Waals surface area contributed by atoms with Crippen LogP contribution in [0.25, 0.3) is 6.08 Å². The molecule has 0 aromatic heterocycles. The standard InChI is InChI=1S/C20H14BrCl2NO3S/c1-2-7-27-17-6-4-14(21)9-13(17)10-18-19(25)24(20(26)28-18)11-12-3-5-15(22)16(23)8-12/h2-6,8-10H,1,7,11H2/b18-10+. The van der Waals surface area contributed by atoms with E-state index < -0.39 is 0 Å². The Morgan fingerprint density at radius 1 is 1.14 bits per heavy atom. The Labute approximate surface area is 185 Å². The fourth-order valence-corrected chi connectivity index (χ4v) is 4.04. The summed E-state index contributed by atoms with van der Waals surface area (Å²) in [6.07, 6.45) is 3.29. The van der Waals surface area contributed by atoms with Gasteiger partial charge in [0.05, 0.1) is 21.5 Å². The maximum atomic E-state index is 12.8. The lowest BCUT2D eigenvalue weighted by Crippen LogP contribution is -2.27. The summed E-state index contributed by atoms with van der Waals surface area (Å²) in [5.41, 5.74) is 1.41. The zero-order chi connectivity index (χ0) is 20.3. The Kier molecular flexibility index (Phi) is 6.88. The number of amides is 2. The first-order valence-corrected chi connectivity index (χ1v) is 10.5. The molecule has 0 saturated carbocycles. The van der Waals surface area contributed by atoms with Crippen LogP contribution in [-0.4, -0.2) is 22.7 Å². The number of thioether (sulfide) groups is 1. The minimum Gasteiger partial charge on any atom is -0.489 e. The number of ether oxygens (including phenoxy) is 1. The number of imide groups is 1. The Balaban J connectivity index is 1.86. The van der Waals surface area contributed by atoms with Crippen molar-refractivity contribution in [2.24, 2.45) is 0 Å². The van der Waals surface area contributed by atoms with Crippen LogP contribution in [-0.2, 0) is 11.3 Å². The normalized spacial score (nSPS) is 15.4. The van der Waals surface area contributed by atoms with Crippen molar-refractivity contribution >= 4 is 68.1 Å². The average Bonchev–Trinajstić information content (AvgIpc) is 2.91. The number of hydrogen-bond donors (Lipinski definition) is 0. The molecule has 3 rings (SSSR count). The maximum Gasteiger partial charge on any atom is 0.293 e. The van der Waals surface area contributed by atoms with E-state index in [4.69, 9.17) is 27.9 Å². The van der Waals surface area contributed by atoms with E-state index in [1.165, 1.54) is 4.90 Å². The summed E-state index contributed by atoms with van der Waals surface area (Å²) in [7, 11) is 0. The largest absolute Gasteiger partial charge is 0.489 e. The van der Waals surface area contributed by atoms with Crippen LogP contribution in [0.1, 0.15) is 11.1 Å². The zero-order valence-electron chi connectivity index (χ0n) is 14.5. The highest BCUT2D eigenvalue weighted by Crippen LogP contribution is 2.36. The third-order valence-electron chi connectivity index (χ3n) is 3.81. The molecule has 0 unspecified atom stereocenters. The van der Waals surface area contributed by atoms with E-state index in [9.17, 15) is 9.59 Å². The number of carbonyl (C=O) groups excluding carboxylic acids is 2. The van der Waals surface area contributed by atoms with Gasteiger partial charge in [-0.2, -0.15) is 0 Å². The van der Waals surface area contributed by atoms with Crippen molar-refractivity contribution in [2.75, 3.05) is 6.61 Å². The van der Waals surface area contributed by atoms with E-state index in [2.05, 4.69) is 22.5 Å². The summed E-state index contributed by atoms with van der Waals surface area (Å²) in [5.74, 6) is 0.232. The molecule has 0 atom stereocenters. The second-order valence-corrected chi connectivity index (χ2v) is 8.52. The SMILES string of the molecule is C=CCOc1ccc(Br)cc1/C=C1/SC(=O)N(Cc2ccc(Cl)c(Cl)c2)C1=O. The molecule has 1 fully saturated rings. The highest BCUT2D eigenvalue weighted by atomic mass is 79.9. The fraction of sp³-hybridized carbons (Fsp3) is 0.100. The second kappa shape index (κ2) is 9.18. The van der Waals surface area contributed by atoms with Gasteiger partial charge in [0.15, 0.2) is 0 Å². The number of hydrogen-bond acceptors (Lipinski definition) is 4. The number of halogens is 3. The zero-order valence-corrected chi connectivity index (χ0v) is 18.4. The summed E-state index contributed by atoms with van der Waals surface area (Å²) in [5, 5.41) is 0.451. The minimum atomic E-state index is -0.365. The van der Waals surface area contributed by atoms with Gasteiger partial charge < -0.3 is 4.74 Å². The molecule has 8 heteroatoms. The van der Waals surface area contributed by atoms with Crippen LogP contribution in [0, 0.1) is 0 Å². The fourth-order valence-electron chi connectivity index (χ4n) is 2.51. The van der Waals surface area contributed by atoms with Gasteiger partial charge in [-0.15, -0.1) is 0 Å². The Bertz CT molecular complexity index is 993. The van der Waals surface area contributed by atoms with Gasteiger partial charge in [-0.05, 0) is 53.7 Å². The lowest BCUT2D eigenvalue weighted by molar-refractivity contribution is -0.123. The summed E-state index contributed by atoms with van der Waals surface area (Å²) >= 11 is 16.2. The number of rotatable bonds is 6. The third-order valence-corrected chi connectivity index (χ3v) is 5.95. The number of nitrogens with zero attached hydrogens (tertiary/aromatic N) is 1. The quantitative estimate of drug-likeness (QED) is 0.334. The van der Waals surface area contributed by atoms with E-state index in [0.29, 0.717) is 32.9 Å². The number of carbonyl (C=O) groups is 2. The van der Waals surface area contributed by atoms with Crippen molar-refractivity contribution < 1.29 is 14.3 Å². The predicted octanol–water partition coefficient (Wildman–Crippen LogP) is 6.56. The summed E-state index contributed by atoms with van der Waals surface area (Å²) in [4.78, 5) is 26.7. The first kappa shape index (κ1) is 21.0. The van der Waals surface area contributed by atoms with E-state index in [1.807, 2.05) is 12.1 Å². The molecule has 0 N–H and O–H groups in total. The molecular formula is C20H14BrCl2NO3S. The second-order valence-electron chi connectivity index (χ2n) is 5.80. The molecule has 4 nitrogen and oxygen atoms in total. The van der Waals surface area contributed by atoms with Crippen molar-refractivity contribution in [3.05, 3.63) is 79.6 Å². The molecular weight excluding hydrogens is 485 g/mol. The van der Waals surface area contributed by atoms with E-state index >= 15 is 0 Å². The van der Waals surface area contributed by atoms with Crippen LogP contribution in [0.4, 0.5) is 4.79 Å². The van der Waals surface area contributed by atoms with Crippen molar-refractivity contribution in [3.8, 4) is 5.75 Å². The smallest absolute Gasteiger partial charge is 0.293 e. The van der Waals surface area contributed by atoms with Gasteiger partial charge in [-0.1, -0.05) is 57.9 Å². The predicted molar refractivity (Wildman–Crippen MR) is 118 cm³/mol. The molecule has 1 aliphatic heterocycles. The van der Waals surface area contributed by atoms with Crippen molar-refractivity contribution in [2.45, 2.75) is 6.54 Å². The summed E-state index contributed by atoms with van der Waals surface area (Å²) in [6, 6.07) is 10.5. The van der Waals surface area contributed by atoms with Crippen LogP contribution in [0.15, 0.2) is 58.4 Å². The van der Waals surface area contributed by atoms with E-state index in [0.717, 1.165) is 21.8 Å². The molecule has 2 aromatic carbocycles. The molecule has 0 radical (unpaired) electrons. The monoisotopic (exact) mass is 497 g/mol. The minimum absolute atomic E-state index is 0.122. The van der Waals surface area contributed by atoms with Crippen LogP contribution in [0.3, 0.4) is 0 Å². The van der Waals surface area contributed by atoms with Crippen LogP contribution < -0.4 is 4.74 Å². The molecule has 2 amide bonds. The molecule has 144 valence electrons. The highest BCUT2D eigenvalue weighted by Gasteiger charge is 2.35. The maximum absolute atomic E-state index is 12.8. The first-order chi connectivity index (χ1) is 13.4. The van der Waals surface area contributed by atoms with E-state index in [-0.39, 0.29) is 17.7 Å². The average molecular weight is 499 g/mol. The van der Waals surface area contributed by atoms with Crippen molar-refractivity contribution in [1.82, 2.24) is 4.90 Å².